The Kier molecular flexibility index (Phi) is 5.97. The standard InChI is InChI=1S/C14H17FN2OS2/c1-10-9-19-14(17-10)20-13-4-3-11(7-12(13)15)8-16-5-6-18-2/h3-4,7,9,16H,5-6,8H2,1-2H3. The van der Waals surface area contributed by atoms with Crippen LogP contribution in [0.2, 0.25) is 0 Å². The third-order valence-electron chi connectivity index (χ3n) is 2.60. The van der Waals surface area contributed by atoms with Crippen LogP contribution in [-0.2, 0) is 11.3 Å². The molecule has 1 heterocycles. The molecule has 0 aliphatic carbocycles. The Bertz CT molecular complexity index is 560. The molecule has 0 saturated heterocycles. The first-order chi connectivity index (χ1) is 9.69. The van der Waals surface area contributed by atoms with Gasteiger partial charge in [-0.05, 0) is 24.6 Å². The van der Waals surface area contributed by atoms with Crippen molar-refractivity contribution in [2.75, 3.05) is 20.3 Å². The first-order valence-corrected chi connectivity index (χ1v) is 7.96. The zero-order valence-electron chi connectivity index (χ0n) is 11.5. The van der Waals surface area contributed by atoms with Crippen LogP contribution < -0.4 is 5.32 Å². The van der Waals surface area contributed by atoms with Crippen LogP contribution in [-0.4, -0.2) is 25.2 Å². The van der Waals surface area contributed by atoms with E-state index < -0.39 is 0 Å². The van der Waals surface area contributed by atoms with Gasteiger partial charge in [-0.1, -0.05) is 17.8 Å². The summed E-state index contributed by atoms with van der Waals surface area (Å²) in [6.45, 7) is 3.99. The molecule has 0 atom stereocenters. The van der Waals surface area contributed by atoms with Gasteiger partial charge in [-0.2, -0.15) is 0 Å². The van der Waals surface area contributed by atoms with E-state index in [0.717, 1.165) is 22.1 Å². The summed E-state index contributed by atoms with van der Waals surface area (Å²) in [5, 5.41) is 5.16. The van der Waals surface area contributed by atoms with Crippen LogP contribution >= 0.6 is 23.1 Å². The summed E-state index contributed by atoms with van der Waals surface area (Å²) >= 11 is 2.90. The summed E-state index contributed by atoms with van der Waals surface area (Å²) in [6.07, 6.45) is 0. The number of nitrogens with zero attached hydrogens (tertiary/aromatic N) is 1. The van der Waals surface area contributed by atoms with Crippen molar-refractivity contribution >= 4 is 23.1 Å². The summed E-state index contributed by atoms with van der Waals surface area (Å²) in [5.74, 6) is -0.200. The predicted molar refractivity (Wildman–Crippen MR) is 81.0 cm³/mol. The van der Waals surface area contributed by atoms with Crippen molar-refractivity contribution in [1.29, 1.82) is 0 Å². The molecule has 1 aromatic heterocycles. The molecule has 3 nitrogen and oxygen atoms in total. The van der Waals surface area contributed by atoms with E-state index in [9.17, 15) is 4.39 Å². The Balaban J connectivity index is 1.95. The molecule has 0 unspecified atom stereocenters. The van der Waals surface area contributed by atoms with Crippen molar-refractivity contribution < 1.29 is 9.13 Å². The molecule has 2 rings (SSSR count). The number of hydrogen-bond donors (Lipinski definition) is 1. The molecule has 6 heteroatoms. The van der Waals surface area contributed by atoms with Crippen molar-refractivity contribution in [2.24, 2.45) is 0 Å². The third-order valence-corrected chi connectivity index (χ3v) is 4.71. The van der Waals surface area contributed by atoms with E-state index >= 15 is 0 Å². The molecular weight excluding hydrogens is 295 g/mol. The highest BCUT2D eigenvalue weighted by molar-refractivity contribution is 8.01. The Hall–Kier alpha value is -0.950. The minimum Gasteiger partial charge on any atom is -0.383 e. The number of nitrogens with one attached hydrogen (secondary N) is 1. The SMILES string of the molecule is COCCNCc1ccc(Sc2nc(C)cs2)c(F)c1. The largest absolute Gasteiger partial charge is 0.383 e. The fourth-order valence-corrected chi connectivity index (χ4v) is 3.41. The maximum Gasteiger partial charge on any atom is 0.154 e. The van der Waals surface area contributed by atoms with Crippen LogP contribution in [0.25, 0.3) is 0 Å². The number of methoxy groups -OCH3 is 1. The molecular formula is C14H17FN2OS2. The highest BCUT2D eigenvalue weighted by Crippen LogP contribution is 2.32. The topological polar surface area (TPSA) is 34.1 Å². The average Bonchev–Trinajstić information content (AvgIpc) is 2.83. The molecule has 0 bridgehead atoms. The number of halogens is 1. The number of ether oxygens (including phenoxy) is 1. The van der Waals surface area contributed by atoms with Crippen molar-refractivity contribution in [2.45, 2.75) is 22.7 Å². The zero-order valence-corrected chi connectivity index (χ0v) is 13.1. The van der Waals surface area contributed by atoms with Crippen LogP contribution in [0.1, 0.15) is 11.3 Å². The maximum absolute atomic E-state index is 14.0. The van der Waals surface area contributed by atoms with Crippen molar-refractivity contribution in [3.8, 4) is 0 Å². The fraction of sp³-hybridized carbons (Fsp3) is 0.357. The second-order valence-electron chi connectivity index (χ2n) is 4.29. The zero-order chi connectivity index (χ0) is 14.4. The number of benzene rings is 1. The summed E-state index contributed by atoms with van der Waals surface area (Å²) in [4.78, 5) is 4.94. The van der Waals surface area contributed by atoms with Crippen LogP contribution in [0.3, 0.4) is 0 Å². The molecule has 0 aliphatic heterocycles. The highest BCUT2D eigenvalue weighted by atomic mass is 32.2. The van der Waals surface area contributed by atoms with Gasteiger partial charge in [-0.15, -0.1) is 11.3 Å². The minimum absolute atomic E-state index is 0.200. The molecule has 0 saturated carbocycles. The highest BCUT2D eigenvalue weighted by Gasteiger charge is 2.08. The Morgan fingerprint density at radius 2 is 2.30 bits per heavy atom. The van der Waals surface area contributed by atoms with E-state index in [1.807, 2.05) is 24.4 Å². The number of thiazole rings is 1. The summed E-state index contributed by atoms with van der Waals surface area (Å²) in [5.41, 5.74) is 1.90. The molecule has 108 valence electrons. The molecule has 2 aromatic rings. The first-order valence-electron chi connectivity index (χ1n) is 6.27. The second kappa shape index (κ2) is 7.73. The second-order valence-corrected chi connectivity index (χ2v) is 6.44. The van der Waals surface area contributed by atoms with Gasteiger partial charge in [0, 0.05) is 31.3 Å². The minimum atomic E-state index is -0.200. The van der Waals surface area contributed by atoms with Crippen molar-refractivity contribution in [3.05, 3.63) is 40.7 Å². The van der Waals surface area contributed by atoms with Crippen LogP contribution in [0, 0.1) is 12.7 Å². The monoisotopic (exact) mass is 312 g/mol. The number of aromatic nitrogens is 1. The lowest BCUT2D eigenvalue weighted by Crippen LogP contribution is -2.18. The fourth-order valence-electron chi connectivity index (χ4n) is 1.62. The van der Waals surface area contributed by atoms with E-state index in [2.05, 4.69) is 10.3 Å². The van der Waals surface area contributed by atoms with E-state index in [0.29, 0.717) is 18.0 Å². The molecule has 0 fully saturated rings. The van der Waals surface area contributed by atoms with Gasteiger partial charge in [-0.3, -0.25) is 0 Å². The number of aryl methyl sites for hydroxylation is 1. The van der Waals surface area contributed by atoms with Crippen molar-refractivity contribution in [3.63, 3.8) is 0 Å². The van der Waals surface area contributed by atoms with Crippen molar-refractivity contribution in [1.82, 2.24) is 10.3 Å². The molecule has 0 spiro atoms. The van der Waals surface area contributed by atoms with Crippen LogP contribution in [0.5, 0.6) is 0 Å². The molecule has 1 aromatic carbocycles. The van der Waals surface area contributed by atoms with Gasteiger partial charge in [0.05, 0.1) is 11.5 Å². The van der Waals surface area contributed by atoms with Gasteiger partial charge < -0.3 is 10.1 Å². The lowest BCUT2D eigenvalue weighted by molar-refractivity contribution is 0.199. The van der Waals surface area contributed by atoms with Crippen LogP contribution in [0.15, 0.2) is 32.8 Å². The van der Waals surface area contributed by atoms with E-state index in [4.69, 9.17) is 4.74 Å². The van der Waals surface area contributed by atoms with E-state index in [-0.39, 0.29) is 5.82 Å². The molecule has 20 heavy (non-hydrogen) atoms. The third kappa shape index (κ3) is 4.56. The first kappa shape index (κ1) is 15.4. The van der Waals surface area contributed by atoms with Crippen LogP contribution in [0.4, 0.5) is 4.39 Å². The summed E-state index contributed by atoms with van der Waals surface area (Å²) < 4.78 is 19.8. The van der Waals surface area contributed by atoms with Gasteiger partial charge in [-0.25, -0.2) is 9.37 Å². The molecule has 0 aliphatic rings. The normalized spacial score (nSPS) is 10.9. The van der Waals surface area contributed by atoms with Gasteiger partial charge in [0.25, 0.3) is 0 Å². The molecule has 0 radical (unpaired) electrons. The predicted octanol–water partition coefficient (Wildman–Crippen LogP) is 3.48. The van der Waals surface area contributed by atoms with Gasteiger partial charge >= 0.3 is 0 Å². The lowest BCUT2D eigenvalue weighted by Gasteiger charge is -2.06. The summed E-state index contributed by atoms with van der Waals surface area (Å²) in [7, 11) is 1.66. The van der Waals surface area contributed by atoms with Gasteiger partial charge in [0.1, 0.15) is 5.82 Å². The number of rotatable bonds is 7. The molecule has 1 N–H and O–H groups in total. The van der Waals surface area contributed by atoms with E-state index in [1.165, 1.54) is 23.1 Å². The maximum atomic E-state index is 14.0. The average molecular weight is 312 g/mol. The molecule has 0 amide bonds. The number of hydrogen-bond acceptors (Lipinski definition) is 5. The Morgan fingerprint density at radius 3 is 2.95 bits per heavy atom. The smallest absolute Gasteiger partial charge is 0.154 e. The lowest BCUT2D eigenvalue weighted by atomic mass is 10.2. The Morgan fingerprint density at radius 1 is 1.45 bits per heavy atom. The summed E-state index contributed by atoms with van der Waals surface area (Å²) in [6, 6.07) is 5.32. The quantitative estimate of drug-likeness (QED) is 0.794. The Labute approximate surface area is 126 Å². The van der Waals surface area contributed by atoms with Gasteiger partial charge in [0.15, 0.2) is 4.34 Å². The van der Waals surface area contributed by atoms with E-state index in [1.54, 1.807) is 13.2 Å². The van der Waals surface area contributed by atoms with Gasteiger partial charge in [0.2, 0.25) is 0 Å².